The molecule has 286 valence electrons. The van der Waals surface area contributed by atoms with E-state index in [1.54, 1.807) is 0 Å². The van der Waals surface area contributed by atoms with Crippen LogP contribution in [0, 0.1) is 0 Å². The van der Waals surface area contributed by atoms with Gasteiger partial charge in [-0.2, -0.15) is 0 Å². The Balaban J connectivity index is 0. The fourth-order valence-corrected chi connectivity index (χ4v) is 8.01. The number of nitrogens with two attached hydrogens (primary N) is 2. The molecule has 0 heterocycles. The van der Waals surface area contributed by atoms with Crippen LogP contribution in [0.5, 0.6) is 0 Å². The van der Waals surface area contributed by atoms with Crippen LogP contribution < -0.4 is 135 Å². The minimum atomic E-state index is -5.45. The molecule has 34 heteroatoms. The fourth-order valence-electron chi connectivity index (χ4n) is 3.66. The van der Waals surface area contributed by atoms with Crippen molar-refractivity contribution in [2.75, 3.05) is 36.2 Å². The van der Waals surface area contributed by atoms with E-state index >= 15 is 0 Å². The average molecular weight is 941 g/mol. The topological polar surface area (TPSA) is 401 Å². The Bertz CT molecular complexity index is 2460. The van der Waals surface area contributed by atoms with Crippen molar-refractivity contribution in [1.82, 2.24) is 0 Å². The molecule has 4 N–H and O–H groups in total. The van der Waals surface area contributed by atoms with E-state index in [4.69, 9.17) is 11.5 Å². The summed E-state index contributed by atoms with van der Waals surface area (Å²) in [4.78, 5) is -3.72. The molecule has 0 radical (unpaired) electrons. The van der Waals surface area contributed by atoms with E-state index in [9.17, 15) is 61.0 Å². The standard InChI is InChI=1S/C22H24N6O18S6.4Na/c23-15-3-6-18(27-25-16-4-1-13(11-19(16)50(34,35)36)48(30,31)9-7-43-47-46-45-29)21(24)22(15)28-26-17-5-2-14(12-20(17)51(37,38)39)49(32,33)10-8-44-52(40,41)42;;;;/h1-6,11-12,29H,7-10,23-24H2,(H,34,35,36)(H,37,38,39)(H,40,41,42);;;;/q;4*+1/p-4. The second-order valence-corrected chi connectivity index (χ2v) is 17.9. The van der Waals surface area contributed by atoms with E-state index in [-0.39, 0.29) is 142 Å². The van der Waals surface area contributed by atoms with Crippen LogP contribution in [0.3, 0.4) is 0 Å². The molecule has 24 nitrogen and oxygen atoms in total. The van der Waals surface area contributed by atoms with Gasteiger partial charge in [-0.3, -0.25) is 13.4 Å². The summed E-state index contributed by atoms with van der Waals surface area (Å²) >= 11 is 0.0285. The number of nitrogens with zero attached hydrogens (tertiary/aromatic N) is 4. The number of anilines is 2. The number of rotatable bonds is 18. The molecule has 0 saturated heterocycles. The molecular weight excluding hydrogens is 921 g/mol. The van der Waals surface area contributed by atoms with Gasteiger partial charge in [0.25, 0.3) is 0 Å². The van der Waals surface area contributed by atoms with Crippen LogP contribution in [0.4, 0.5) is 34.1 Å². The largest absolute Gasteiger partial charge is 1.00 e. The van der Waals surface area contributed by atoms with Crippen molar-refractivity contribution in [3.8, 4) is 0 Å². The van der Waals surface area contributed by atoms with Gasteiger partial charge in [-0.05, 0) is 48.5 Å². The number of hydrogen-bond donors (Lipinski definition) is 2. The molecule has 0 fully saturated rings. The van der Waals surface area contributed by atoms with Crippen molar-refractivity contribution in [3.63, 3.8) is 0 Å². The maximum atomic E-state index is 12.6. The zero-order valence-corrected chi connectivity index (χ0v) is 42.1. The first-order valence-corrected chi connectivity index (χ1v) is 21.1. The molecule has 0 spiro atoms. The molecule has 0 saturated carbocycles. The van der Waals surface area contributed by atoms with Crippen molar-refractivity contribution in [1.29, 1.82) is 0 Å². The molecule has 0 aliphatic carbocycles. The molecule has 3 aromatic carbocycles. The number of hydrogen-bond acceptors (Lipinski definition) is 25. The first-order chi connectivity index (χ1) is 24.0. The molecular formula is C22H20N6Na4O18S6. The van der Waals surface area contributed by atoms with E-state index in [2.05, 4.69) is 38.2 Å². The minimum absolute atomic E-state index is 0. The molecule has 0 aliphatic heterocycles. The van der Waals surface area contributed by atoms with Crippen LogP contribution >= 0.6 is 12.3 Å². The number of sulfone groups is 2. The van der Waals surface area contributed by atoms with E-state index in [1.807, 2.05) is 0 Å². The minimum Gasteiger partial charge on any atom is -0.744 e. The van der Waals surface area contributed by atoms with Gasteiger partial charge in [0.2, 0.25) is 10.4 Å². The molecule has 0 amide bonds. The quantitative estimate of drug-likeness (QED) is 0.0138. The molecule has 0 bridgehead atoms. The van der Waals surface area contributed by atoms with Crippen molar-refractivity contribution in [2.45, 2.75) is 19.6 Å². The number of azo groups is 2. The molecule has 56 heavy (non-hydrogen) atoms. The van der Waals surface area contributed by atoms with Gasteiger partial charge in [-0.25, -0.2) is 42.1 Å². The first-order valence-electron chi connectivity index (χ1n) is 13.0. The fraction of sp³-hybridized carbons (Fsp3) is 0.182. The van der Waals surface area contributed by atoms with Crippen LogP contribution in [0.2, 0.25) is 0 Å². The van der Waals surface area contributed by atoms with Crippen molar-refractivity contribution in [3.05, 3.63) is 48.5 Å². The van der Waals surface area contributed by atoms with E-state index in [0.29, 0.717) is 12.1 Å². The Morgan fingerprint density at radius 1 is 0.607 bits per heavy atom. The Hall–Kier alpha value is 0.240. The van der Waals surface area contributed by atoms with Gasteiger partial charge in [0.15, 0.2) is 32.0 Å². The monoisotopic (exact) mass is 940 g/mol. The third-order valence-corrected chi connectivity index (χ3v) is 11.9. The van der Waals surface area contributed by atoms with Gasteiger partial charge < -0.3 is 30.4 Å². The number of benzene rings is 3. The third kappa shape index (κ3) is 17.7. The van der Waals surface area contributed by atoms with Crippen LogP contribution in [0.15, 0.2) is 88.6 Å². The SMILES string of the molecule is Nc1ccc(N=Nc2ccc(S(=O)(=O)CCOSOO[O-])cc2S(=O)(=O)[O-])c(N)c1N=Nc1ccc(S(=O)(=O)CCOS(=O)(=O)[O-])cc1S(=O)(=O)[O-].[Na+].[Na+].[Na+].[Na+]. The predicted octanol–water partition coefficient (Wildman–Crippen LogP) is -11.7. The Morgan fingerprint density at radius 2 is 1.04 bits per heavy atom. The maximum Gasteiger partial charge on any atom is 1.00 e. The van der Waals surface area contributed by atoms with Gasteiger partial charge in [-0.1, -0.05) is 0 Å². The van der Waals surface area contributed by atoms with E-state index in [1.165, 1.54) is 0 Å². The van der Waals surface area contributed by atoms with Crippen molar-refractivity contribution >= 4 is 96.8 Å². The predicted molar refractivity (Wildman–Crippen MR) is 168 cm³/mol. The van der Waals surface area contributed by atoms with Gasteiger partial charge >= 0.3 is 118 Å². The average Bonchev–Trinajstić information content (AvgIpc) is 3.02. The summed E-state index contributed by atoms with van der Waals surface area (Å²) in [7, 11) is -24.8. The summed E-state index contributed by atoms with van der Waals surface area (Å²) in [5, 5.41) is 27.5. The Labute approximate surface area is 412 Å². The zero-order chi connectivity index (χ0) is 39.1. The normalized spacial score (nSPS) is 12.4. The van der Waals surface area contributed by atoms with Crippen molar-refractivity contribution < 1.29 is 197 Å². The summed E-state index contributed by atoms with van der Waals surface area (Å²) < 4.78 is 166. The molecule has 0 atom stereocenters. The van der Waals surface area contributed by atoms with Crippen LogP contribution in [-0.2, 0) is 68.0 Å². The summed E-state index contributed by atoms with van der Waals surface area (Å²) in [6.45, 7) is -1.67. The first kappa shape index (κ1) is 58.3. The third-order valence-electron chi connectivity index (χ3n) is 5.99. The summed E-state index contributed by atoms with van der Waals surface area (Å²) in [5.74, 6) is -1.85. The van der Waals surface area contributed by atoms with Gasteiger partial charge in [0, 0.05) is 0 Å². The molecule has 0 aliphatic rings. The smallest absolute Gasteiger partial charge is 0.744 e. The second-order valence-electron chi connectivity index (χ2n) is 9.40. The molecule has 0 aromatic heterocycles. The number of nitrogen functional groups attached to an aromatic ring is 2. The van der Waals surface area contributed by atoms with Gasteiger partial charge in [0.05, 0.1) is 55.7 Å². The van der Waals surface area contributed by atoms with Crippen molar-refractivity contribution in [2.24, 2.45) is 20.5 Å². The Kier molecular flexibility index (Phi) is 25.6. The summed E-state index contributed by atoms with van der Waals surface area (Å²) in [6.07, 6.45) is 0. The Morgan fingerprint density at radius 3 is 1.48 bits per heavy atom. The molecule has 0 unspecified atom stereocenters. The van der Waals surface area contributed by atoms with Crippen LogP contribution in [0.1, 0.15) is 0 Å². The van der Waals surface area contributed by atoms with Gasteiger partial charge in [-0.15, -0.1) is 24.8 Å². The van der Waals surface area contributed by atoms with Crippen LogP contribution in [-0.4, -0.2) is 80.5 Å². The zero-order valence-electron chi connectivity index (χ0n) is 29.2. The van der Waals surface area contributed by atoms with E-state index in [0.717, 1.165) is 36.4 Å². The van der Waals surface area contributed by atoms with Gasteiger partial charge in [0.1, 0.15) is 43.0 Å². The molecule has 3 rings (SSSR count). The second kappa shape index (κ2) is 24.6. The molecule has 3 aromatic rings. The van der Waals surface area contributed by atoms with E-state index < -0.39 is 117 Å². The van der Waals surface area contributed by atoms with Crippen LogP contribution in [0.25, 0.3) is 0 Å². The summed E-state index contributed by atoms with van der Waals surface area (Å²) in [6, 6.07) is 6.48. The maximum absolute atomic E-state index is 12.6. The summed E-state index contributed by atoms with van der Waals surface area (Å²) in [5.41, 5.74) is 9.22.